The van der Waals surface area contributed by atoms with Crippen LogP contribution < -0.4 is 4.18 Å². The first-order valence-corrected chi connectivity index (χ1v) is 11.4. The van der Waals surface area contributed by atoms with Gasteiger partial charge in [0.2, 0.25) is 0 Å². The Bertz CT molecular complexity index is 1400. The lowest BCUT2D eigenvalue weighted by molar-refractivity contribution is 0.553. The molecule has 0 aliphatic heterocycles. The van der Waals surface area contributed by atoms with Crippen LogP contribution >= 0.6 is 11.3 Å². The number of rotatable bonds is 4. The average molecular weight is 416 g/mol. The fourth-order valence-electron chi connectivity index (χ4n) is 3.17. The molecule has 4 aromatic carbocycles. The predicted octanol–water partition coefficient (Wildman–Crippen LogP) is 7.21. The van der Waals surface area contributed by atoms with Crippen LogP contribution in [0.3, 0.4) is 0 Å². The fourth-order valence-corrected chi connectivity index (χ4v) is 6.11. The Labute approximate surface area is 173 Å². The molecule has 29 heavy (non-hydrogen) atoms. The van der Waals surface area contributed by atoms with Crippen molar-refractivity contribution in [1.82, 2.24) is 0 Å². The molecule has 0 amide bonds. The van der Waals surface area contributed by atoms with Crippen molar-refractivity contribution in [3.63, 3.8) is 0 Å². The van der Waals surface area contributed by atoms with Crippen LogP contribution in [-0.2, 0) is 10.0 Å². The minimum atomic E-state index is -3.16. The zero-order valence-electron chi connectivity index (χ0n) is 15.4. The van der Waals surface area contributed by atoms with Gasteiger partial charge in [0.15, 0.2) is 0 Å². The summed E-state index contributed by atoms with van der Waals surface area (Å²) in [6.45, 7) is 0. The molecule has 0 saturated heterocycles. The maximum absolute atomic E-state index is 14.1. The molecule has 0 N–H and O–H groups in total. The van der Waals surface area contributed by atoms with E-state index in [1.54, 1.807) is 0 Å². The monoisotopic (exact) mass is 415 g/mol. The molecule has 0 saturated carbocycles. The van der Waals surface area contributed by atoms with E-state index in [4.69, 9.17) is 4.18 Å². The van der Waals surface area contributed by atoms with Gasteiger partial charge in [0.25, 0.3) is 10.0 Å². The standard InChI is InChI=1S/C24H17NO2S2/c26-29(25-21-11-2-1-3-12-21,24-17-20-10-6-7-13-23(20)28-24)27-22-15-14-18-8-4-5-9-19(18)16-22/h1-17H. The lowest BCUT2D eigenvalue weighted by atomic mass is 10.1. The topological polar surface area (TPSA) is 38.7 Å². The van der Waals surface area contributed by atoms with Crippen molar-refractivity contribution in [2.24, 2.45) is 4.36 Å². The molecule has 3 nitrogen and oxygen atoms in total. The third kappa shape index (κ3) is 3.62. The van der Waals surface area contributed by atoms with E-state index in [2.05, 4.69) is 4.36 Å². The molecule has 0 aliphatic carbocycles. The van der Waals surface area contributed by atoms with Crippen LogP contribution in [0.2, 0.25) is 0 Å². The first kappa shape index (κ1) is 17.9. The zero-order valence-corrected chi connectivity index (χ0v) is 17.0. The van der Waals surface area contributed by atoms with E-state index in [0.29, 0.717) is 15.6 Å². The third-order valence-electron chi connectivity index (χ3n) is 4.57. The number of fused-ring (bicyclic) bond motifs is 2. The summed E-state index contributed by atoms with van der Waals surface area (Å²) in [5.41, 5.74) is 0.621. The molecule has 5 heteroatoms. The van der Waals surface area contributed by atoms with Crippen LogP contribution in [0.25, 0.3) is 20.9 Å². The summed E-state index contributed by atoms with van der Waals surface area (Å²) in [5.74, 6) is 0.533. The number of hydrogen-bond acceptors (Lipinski definition) is 4. The summed E-state index contributed by atoms with van der Waals surface area (Å²) in [5, 5.41) is 3.17. The normalized spacial score (nSPS) is 13.2. The van der Waals surface area contributed by atoms with Crippen LogP contribution in [0.1, 0.15) is 0 Å². The summed E-state index contributed by atoms with van der Waals surface area (Å²) >= 11 is 1.45. The van der Waals surface area contributed by atoms with Crippen molar-refractivity contribution in [3.8, 4) is 5.75 Å². The van der Waals surface area contributed by atoms with Gasteiger partial charge in [-0.2, -0.15) is 4.36 Å². The van der Waals surface area contributed by atoms with E-state index >= 15 is 0 Å². The van der Waals surface area contributed by atoms with Crippen LogP contribution in [-0.4, -0.2) is 4.21 Å². The first-order chi connectivity index (χ1) is 14.2. The van der Waals surface area contributed by atoms with Gasteiger partial charge in [0.1, 0.15) is 9.96 Å². The molecule has 1 atom stereocenters. The van der Waals surface area contributed by atoms with Crippen molar-refractivity contribution in [1.29, 1.82) is 0 Å². The summed E-state index contributed by atoms with van der Waals surface area (Å²) in [7, 11) is -3.16. The minimum absolute atomic E-state index is 0.533. The lowest BCUT2D eigenvalue weighted by Gasteiger charge is -2.11. The molecule has 5 rings (SSSR count). The Kier molecular flexibility index (Phi) is 4.54. The van der Waals surface area contributed by atoms with Gasteiger partial charge in [-0.05, 0) is 52.6 Å². The number of hydrogen-bond donors (Lipinski definition) is 0. The molecule has 142 valence electrons. The maximum atomic E-state index is 14.1. The Hall–Kier alpha value is -3.15. The minimum Gasteiger partial charge on any atom is -0.392 e. The molecular weight excluding hydrogens is 398 g/mol. The van der Waals surface area contributed by atoms with Crippen LogP contribution in [0.4, 0.5) is 5.69 Å². The van der Waals surface area contributed by atoms with Crippen LogP contribution in [0.15, 0.2) is 112 Å². The second-order valence-electron chi connectivity index (χ2n) is 6.60. The van der Waals surface area contributed by atoms with Crippen molar-refractivity contribution in [3.05, 3.63) is 103 Å². The lowest BCUT2D eigenvalue weighted by Crippen LogP contribution is -2.07. The van der Waals surface area contributed by atoms with E-state index in [-0.39, 0.29) is 0 Å². The van der Waals surface area contributed by atoms with Gasteiger partial charge >= 0.3 is 0 Å². The summed E-state index contributed by atoms with van der Waals surface area (Å²) in [4.78, 5) is 0. The van der Waals surface area contributed by atoms with Crippen LogP contribution in [0, 0.1) is 0 Å². The number of benzene rings is 4. The Morgan fingerprint density at radius 3 is 2.17 bits per heavy atom. The molecule has 1 heterocycles. The highest BCUT2D eigenvalue weighted by Crippen LogP contribution is 2.34. The molecule has 0 fully saturated rings. The molecular formula is C24H17NO2S2. The summed E-state index contributed by atoms with van der Waals surface area (Å²) in [6, 6.07) is 32.9. The van der Waals surface area contributed by atoms with Crippen molar-refractivity contribution < 1.29 is 8.39 Å². The zero-order chi connectivity index (χ0) is 19.7. The van der Waals surface area contributed by atoms with Crippen LogP contribution in [0.5, 0.6) is 5.75 Å². The highest BCUT2D eigenvalue weighted by atomic mass is 32.3. The van der Waals surface area contributed by atoms with E-state index in [1.807, 2.05) is 103 Å². The molecule has 0 radical (unpaired) electrons. The van der Waals surface area contributed by atoms with Crippen molar-refractivity contribution in [2.45, 2.75) is 4.21 Å². The van der Waals surface area contributed by atoms with Gasteiger partial charge in [-0.15, -0.1) is 11.3 Å². The van der Waals surface area contributed by atoms with Crippen molar-refractivity contribution >= 4 is 47.9 Å². The number of thiophene rings is 1. The quantitative estimate of drug-likeness (QED) is 0.311. The van der Waals surface area contributed by atoms with Gasteiger partial charge in [0, 0.05) is 4.70 Å². The van der Waals surface area contributed by atoms with Gasteiger partial charge in [-0.25, -0.2) is 4.21 Å². The summed E-state index contributed by atoms with van der Waals surface area (Å²) in [6.07, 6.45) is 0. The largest absolute Gasteiger partial charge is 0.392 e. The Morgan fingerprint density at radius 1 is 0.690 bits per heavy atom. The van der Waals surface area contributed by atoms with E-state index in [0.717, 1.165) is 20.9 Å². The van der Waals surface area contributed by atoms with E-state index in [9.17, 15) is 4.21 Å². The highest BCUT2D eigenvalue weighted by Gasteiger charge is 2.19. The fraction of sp³-hybridized carbons (Fsp3) is 0. The van der Waals surface area contributed by atoms with Gasteiger partial charge < -0.3 is 4.18 Å². The molecule has 0 bridgehead atoms. The third-order valence-corrected chi connectivity index (χ3v) is 7.86. The molecule has 0 spiro atoms. The molecule has 5 aromatic rings. The maximum Gasteiger partial charge on any atom is 0.251 e. The number of nitrogens with zero attached hydrogens (tertiary/aromatic N) is 1. The Morgan fingerprint density at radius 2 is 1.38 bits per heavy atom. The molecule has 1 aromatic heterocycles. The Balaban J connectivity index is 1.67. The second-order valence-corrected chi connectivity index (χ2v) is 9.68. The van der Waals surface area contributed by atoms with E-state index in [1.165, 1.54) is 11.3 Å². The molecule has 1 unspecified atom stereocenters. The van der Waals surface area contributed by atoms with Gasteiger partial charge in [0.05, 0.1) is 5.69 Å². The average Bonchev–Trinajstić information content (AvgIpc) is 3.20. The van der Waals surface area contributed by atoms with E-state index < -0.39 is 10.0 Å². The highest BCUT2D eigenvalue weighted by molar-refractivity contribution is 7.91. The first-order valence-electron chi connectivity index (χ1n) is 9.19. The SMILES string of the molecule is O=S(=Nc1ccccc1)(Oc1ccc2ccccc2c1)c1cc2ccccc2s1. The van der Waals surface area contributed by atoms with Gasteiger partial charge in [-0.1, -0.05) is 66.7 Å². The van der Waals surface area contributed by atoms with Crippen molar-refractivity contribution in [2.75, 3.05) is 0 Å². The summed E-state index contributed by atoms with van der Waals surface area (Å²) < 4.78 is 26.4. The second kappa shape index (κ2) is 7.35. The molecule has 0 aliphatic rings. The van der Waals surface area contributed by atoms with Gasteiger partial charge in [-0.3, -0.25) is 0 Å². The smallest absolute Gasteiger partial charge is 0.251 e. The predicted molar refractivity (Wildman–Crippen MR) is 121 cm³/mol.